The minimum absolute atomic E-state index is 0. The van der Waals surface area contributed by atoms with Crippen molar-refractivity contribution in [2.75, 3.05) is 47.6 Å². The third kappa shape index (κ3) is 8.52. The number of nitrogens with zero attached hydrogens (tertiary/aromatic N) is 1. The molecule has 0 radical (unpaired) electrons. The van der Waals surface area contributed by atoms with E-state index in [0.29, 0.717) is 12.6 Å². The number of hydrogen-bond acceptors (Lipinski definition) is 5. The Labute approximate surface area is 179 Å². The molecule has 1 aromatic carbocycles. The summed E-state index contributed by atoms with van der Waals surface area (Å²) in [6, 6.07) is 5.78. The third-order valence-corrected chi connectivity index (χ3v) is 4.30. The topological polar surface area (TPSA) is 73.3 Å². The van der Waals surface area contributed by atoms with Crippen LogP contribution >= 0.6 is 24.0 Å². The van der Waals surface area contributed by atoms with Gasteiger partial charge in [-0.05, 0) is 31.4 Å². The van der Waals surface area contributed by atoms with Crippen molar-refractivity contribution in [3.63, 3.8) is 0 Å². The van der Waals surface area contributed by atoms with Crippen LogP contribution in [0.2, 0.25) is 0 Å². The average molecular weight is 493 g/mol. The molecule has 2 N–H and O–H groups in total. The molecular formula is C19H32IN3O4. The minimum Gasteiger partial charge on any atom is -0.497 e. The Bertz CT molecular complexity index is 566. The highest BCUT2D eigenvalue weighted by Gasteiger charge is 2.13. The SMILES string of the molecule is CN=C(NCCCOC1CCOCC1)NCc1ccc(OC)cc1OC.I. The largest absolute Gasteiger partial charge is 0.497 e. The van der Waals surface area contributed by atoms with Crippen molar-refractivity contribution in [1.29, 1.82) is 0 Å². The number of benzene rings is 1. The summed E-state index contributed by atoms with van der Waals surface area (Å²) in [5.41, 5.74) is 1.04. The minimum atomic E-state index is 0. The highest BCUT2D eigenvalue weighted by atomic mass is 127. The second-order valence-corrected chi connectivity index (χ2v) is 6.07. The molecule has 0 saturated carbocycles. The van der Waals surface area contributed by atoms with Crippen LogP contribution in [-0.4, -0.2) is 59.7 Å². The predicted molar refractivity (Wildman–Crippen MR) is 118 cm³/mol. The highest BCUT2D eigenvalue weighted by Crippen LogP contribution is 2.24. The molecule has 1 heterocycles. The zero-order valence-corrected chi connectivity index (χ0v) is 18.8. The highest BCUT2D eigenvalue weighted by molar-refractivity contribution is 14.0. The molecule has 2 rings (SSSR count). The van der Waals surface area contributed by atoms with Crippen molar-refractivity contribution in [3.05, 3.63) is 23.8 Å². The lowest BCUT2D eigenvalue weighted by molar-refractivity contribution is -0.0320. The number of rotatable bonds is 9. The Morgan fingerprint density at radius 3 is 2.63 bits per heavy atom. The van der Waals surface area contributed by atoms with Gasteiger partial charge >= 0.3 is 0 Å². The molecule has 0 bridgehead atoms. The summed E-state index contributed by atoms with van der Waals surface area (Å²) in [7, 11) is 5.06. The molecule has 27 heavy (non-hydrogen) atoms. The van der Waals surface area contributed by atoms with Crippen LogP contribution in [0.3, 0.4) is 0 Å². The van der Waals surface area contributed by atoms with Gasteiger partial charge in [0.1, 0.15) is 11.5 Å². The lowest BCUT2D eigenvalue weighted by Crippen LogP contribution is -2.37. The van der Waals surface area contributed by atoms with Crippen LogP contribution in [-0.2, 0) is 16.0 Å². The van der Waals surface area contributed by atoms with Crippen LogP contribution in [0.25, 0.3) is 0 Å². The van der Waals surface area contributed by atoms with E-state index in [4.69, 9.17) is 18.9 Å². The van der Waals surface area contributed by atoms with Gasteiger partial charge in [0.2, 0.25) is 0 Å². The molecule has 7 nitrogen and oxygen atoms in total. The van der Waals surface area contributed by atoms with Crippen molar-refractivity contribution < 1.29 is 18.9 Å². The number of methoxy groups -OCH3 is 2. The average Bonchev–Trinajstić information content (AvgIpc) is 2.70. The van der Waals surface area contributed by atoms with E-state index < -0.39 is 0 Å². The van der Waals surface area contributed by atoms with E-state index in [-0.39, 0.29) is 24.0 Å². The van der Waals surface area contributed by atoms with Crippen molar-refractivity contribution in [2.45, 2.75) is 31.9 Å². The maximum absolute atomic E-state index is 5.87. The molecule has 8 heteroatoms. The Morgan fingerprint density at radius 1 is 1.19 bits per heavy atom. The maximum atomic E-state index is 5.87. The molecule has 154 valence electrons. The molecule has 0 amide bonds. The first-order chi connectivity index (χ1) is 12.8. The van der Waals surface area contributed by atoms with E-state index in [9.17, 15) is 0 Å². The fourth-order valence-corrected chi connectivity index (χ4v) is 2.77. The van der Waals surface area contributed by atoms with Crippen LogP contribution in [0, 0.1) is 0 Å². The van der Waals surface area contributed by atoms with Gasteiger partial charge in [0.25, 0.3) is 0 Å². The number of halogens is 1. The predicted octanol–water partition coefficient (Wildman–Crippen LogP) is 2.57. The monoisotopic (exact) mass is 493 g/mol. The molecule has 0 spiro atoms. The molecule has 1 fully saturated rings. The molecular weight excluding hydrogens is 461 g/mol. The number of guanidine groups is 1. The summed E-state index contributed by atoms with van der Waals surface area (Å²) in [5, 5.41) is 6.61. The third-order valence-electron chi connectivity index (χ3n) is 4.30. The Hall–Kier alpha value is -1.26. The zero-order chi connectivity index (χ0) is 18.6. The van der Waals surface area contributed by atoms with Crippen molar-refractivity contribution >= 4 is 29.9 Å². The maximum Gasteiger partial charge on any atom is 0.191 e. The summed E-state index contributed by atoms with van der Waals surface area (Å²) in [4.78, 5) is 4.25. The fourth-order valence-electron chi connectivity index (χ4n) is 2.77. The van der Waals surface area contributed by atoms with Gasteiger partial charge in [-0.15, -0.1) is 24.0 Å². The normalized spacial score (nSPS) is 15.0. The smallest absolute Gasteiger partial charge is 0.191 e. The van der Waals surface area contributed by atoms with Gasteiger partial charge in [-0.3, -0.25) is 4.99 Å². The summed E-state index contributed by atoms with van der Waals surface area (Å²) >= 11 is 0. The lowest BCUT2D eigenvalue weighted by atomic mass is 10.1. The van der Waals surface area contributed by atoms with Crippen LogP contribution in [0.15, 0.2) is 23.2 Å². The van der Waals surface area contributed by atoms with Gasteiger partial charge in [0, 0.05) is 51.6 Å². The van der Waals surface area contributed by atoms with Gasteiger partial charge in [-0.25, -0.2) is 0 Å². The Kier molecular flexibility index (Phi) is 12.2. The van der Waals surface area contributed by atoms with Crippen LogP contribution in [0.1, 0.15) is 24.8 Å². The lowest BCUT2D eigenvalue weighted by Gasteiger charge is -2.22. The van der Waals surface area contributed by atoms with E-state index in [2.05, 4.69) is 15.6 Å². The zero-order valence-electron chi connectivity index (χ0n) is 16.5. The van der Waals surface area contributed by atoms with Crippen LogP contribution in [0.4, 0.5) is 0 Å². The molecule has 1 aromatic rings. The summed E-state index contributed by atoms with van der Waals surface area (Å²) in [6.07, 6.45) is 3.29. The van der Waals surface area contributed by atoms with E-state index in [1.54, 1.807) is 21.3 Å². The van der Waals surface area contributed by atoms with E-state index in [1.807, 2.05) is 18.2 Å². The first kappa shape index (κ1) is 23.8. The standard InChI is InChI=1S/C19H31N3O4.HI/c1-20-19(21-9-4-10-26-16-7-11-25-12-8-16)22-14-15-5-6-17(23-2)13-18(15)24-3;/h5-6,13,16H,4,7-12,14H2,1-3H3,(H2,20,21,22);1H. The number of nitrogens with one attached hydrogen (secondary N) is 2. The summed E-state index contributed by atoms with van der Waals surface area (Å²) in [5.74, 6) is 2.32. The van der Waals surface area contributed by atoms with Crippen LogP contribution in [0.5, 0.6) is 11.5 Å². The second-order valence-electron chi connectivity index (χ2n) is 6.07. The summed E-state index contributed by atoms with van der Waals surface area (Å²) < 4.78 is 21.8. The Balaban J connectivity index is 0.00000364. The summed E-state index contributed by atoms with van der Waals surface area (Å²) in [6.45, 7) is 3.80. The van der Waals surface area contributed by atoms with E-state index in [0.717, 1.165) is 68.6 Å². The van der Waals surface area contributed by atoms with Crippen LogP contribution < -0.4 is 20.1 Å². The molecule has 0 aromatic heterocycles. The van der Waals surface area contributed by atoms with Gasteiger partial charge in [-0.1, -0.05) is 0 Å². The first-order valence-electron chi connectivity index (χ1n) is 9.11. The quantitative estimate of drug-likeness (QED) is 0.239. The van der Waals surface area contributed by atoms with Crippen molar-refractivity contribution in [1.82, 2.24) is 10.6 Å². The number of ether oxygens (including phenoxy) is 4. The molecule has 1 saturated heterocycles. The fraction of sp³-hybridized carbons (Fsp3) is 0.632. The molecule has 0 aliphatic carbocycles. The van der Waals surface area contributed by atoms with Gasteiger partial charge in [0.05, 0.1) is 20.3 Å². The van der Waals surface area contributed by atoms with Gasteiger partial charge < -0.3 is 29.6 Å². The first-order valence-corrected chi connectivity index (χ1v) is 9.11. The van der Waals surface area contributed by atoms with E-state index >= 15 is 0 Å². The van der Waals surface area contributed by atoms with Crippen molar-refractivity contribution in [3.8, 4) is 11.5 Å². The second kappa shape index (κ2) is 13.8. The Morgan fingerprint density at radius 2 is 1.96 bits per heavy atom. The molecule has 0 atom stereocenters. The number of hydrogen-bond donors (Lipinski definition) is 2. The molecule has 0 unspecified atom stereocenters. The van der Waals surface area contributed by atoms with Crippen molar-refractivity contribution in [2.24, 2.45) is 4.99 Å². The van der Waals surface area contributed by atoms with Gasteiger partial charge in [0.15, 0.2) is 5.96 Å². The number of aliphatic imine (C=N–C) groups is 1. The van der Waals surface area contributed by atoms with E-state index in [1.165, 1.54) is 0 Å². The van der Waals surface area contributed by atoms with Gasteiger partial charge in [-0.2, -0.15) is 0 Å². The molecule has 1 aliphatic heterocycles. The molecule has 1 aliphatic rings.